The van der Waals surface area contributed by atoms with Crippen LogP contribution in [0.15, 0.2) is 0 Å². The largest absolute Gasteiger partial charge is 0.298 e. The van der Waals surface area contributed by atoms with Gasteiger partial charge in [-0.1, -0.05) is 5.92 Å². The molecule has 0 heterocycles. The van der Waals surface area contributed by atoms with Crippen LogP contribution in [0.4, 0.5) is 8.78 Å². The molecule has 0 aromatic heterocycles. The fraction of sp³-hybridized carbons (Fsp3) is 0.667. The molecule has 0 aliphatic heterocycles. The maximum Gasteiger partial charge on any atom is 0.253 e. The Morgan fingerprint density at radius 1 is 1.67 bits per heavy atom. The van der Waals surface area contributed by atoms with Crippen LogP contribution in [0.5, 0.6) is 0 Å². The van der Waals surface area contributed by atoms with Crippen molar-refractivity contribution in [2.24, 2.45) is 0 Å². The Morgan fingerprint density at radius 2 is 2.22 bits per heavy atom. The van der Waals surface area contributed by atoms with Crippen LogP contribution >= 0.6 is 0 Å². The molecule has 3 heteroatoms. The van der Waals surface area contributed by atoms with Gasteiger partial charge in [0.15, 0.2) is 0 Å². The summed E-state index contributed by atoms with van der Waals surface area (Å²) in [5.74, 6) is 2.21. The standard InChI is InChI=1S/C6H9F2N/c1-3-4-9-5(2)6(7)8/h1,5-6,9H,4H2,2H3. The number of nitrogens with one attached hydrogen (secondary N) is 1. The molecule has 0 radical (unpaired) electrons. The second-order valence-electron chi connectivity index (χ2n) is 1.71. The van der Waals surface area contributed by atoms with Crippen molar-refractivity contribution < 1.29 is 8.78 Å². The van der Waals surface area contributed by atoms with Gasteiger partial charge < -0.3 is 0 Å². The second-order valence-corrected chi connectivity index (χ2v) is 1.71. The highest BCUT2D eigenvalue weighted by molar-refractivity contribution is 4.87. The van der Waals surface area contributed by atoms with E-state index in [9.17, 15) is 8.78 Å². The zero-order valence-corrected chi connectivity index (χ0v) is 5.20. The van der Waals surface area contributed by atoms with E-state index in [0.29, 0.717) is 0 Å². The van der Waals surface area contributed by atoms with E-state index in [-0.39, 0.29) is 6.54 Å². The fourth-order valence-corrected chi connectivity index (χ4v) is 0.309. The summed E-state index contributed by atoms with van der Waals surface area (Å²) in [5, 5.41) is 2.45. The van der Waals surface area contributed by atoms with Crippen LogP contribution in [-0.2, 0) is 0 Å². The van der Waals surface area contributed by atoms with Crippen LogP contribution < -0.4 is 5.32 Å². The molecule has 0 aliphatic rings. The van der Waals surface area contributed by atoms with Gasteiger partial charge in [-0.15, -0.1) is 6.42 Å². The zero-order chi connectivity index (χ0) is 7.28. The van der Waals surface area contributed by atoms with Crippen LogP contribution in [0.3, 0.4) is 0 Å². The molecular formula is C6H9F2N. The van der Waals surface area contributed by atoms with E-state index in [1.807, 2.05) is 0 Å². The smallest absolute Gasteiger partial charge is 0.253 e. The van der Waals surface area contributed by atoms with E-state index in [0.717, 1.165) is 0 Å². The van der Waals surface area contributed by atoms with Gasteiger partial charge in [-0.05, 0) is 6.92 Å². The maximum atomic E-state index is 11.6. The summed E-state index contributed by atoms with van der Waals surface area (Å²) < 4.78 is 23.2. The molecule has 1 nitrogen and oxygen atoms in total. The first-order chi connectivity index (χ1) is 4.18. The van der Waals surface area contributed by atoms with E-state index < -0.39 is 12.5 Å². The van der Waals surface area contributed by atoms with Crippen molar-refractivity contribution in [3.8, 4) is 12.3 Å². The van der Waals surface area contributed by atoms with Crippen molar-refractivity contribution >= 4 is 0 Å². The summed E-state index contributed by atoms with van der Waals surface area (Å²) >= 11 is 0. The first-order valence-electron chi connectivity index (χ1n) is 2.63. The third-order valence-electron chi connectivity index (χ3n) is 0.904. The number of alkyl halides is 2. The second kappa shape index (κ2) is 4.28. The number of hydrogen-bond donors (Lipinski definition) is 1. The topological polar surface area (TPSA) is 12.0 Å². The Bertz CT molecular complexity index is 106. The predicted octanol–water partition coefficient (Wildman–Crippen LogP) is 0.863. The molecule has 1 N–H and O–H groups in total. The number of halogens is 2. The van der Waals surface area contributed by atoms with Crippen LogP contribution in [-0.4, -0.2) is 19.0 Å². The molecular weight excluding hydrogens is 124 g/mol. The molecule has 0 saturated carbocycles. The third-order valence-corrected chi connectivity index (χ3v) is 0.904. The van der Waals surface area contributed by atoms with Crippen LogP contribution in [0.1, 0.15) is 6.92 Å². The lowest BCUT2D eigenvalue weighted by molar-refractivity contribution is 0.108. The average molecular weight is 133 g/mol. The summed E-state index contributed by atoms with van der Waals surface area (Å²) in [6, 6.07) is -0.805. The van der Waals surface area contributed by atoms with E-state index >= 15 is 0 Å². The van der Waals surface area contributed by atoms with Gasteiger partial charge in [0.05, 0.1) is 12.6 Å². The molecule has 0 aromatic rings. The van der Waals surface area contributed by atoms with Gasteiger partial charge in [0.25, 0.3) is 6.43 Å². The molecule has 0 saturated heterocycles. The van der Waals surface area contributed by atoms with Crippen molar-refractivity contribution in [3.05, 3.63) is 0 Å². The molecule has 1 unspecified atom stereocenters. The molecule has 0 fully saturated rings. The maximum absolute atomic E-state index is 11.6. The van der Waals surface area contributed by atoms with E-state index in [4.69, 9.17) is 6.42 Å². The predicted molar refractivity (Wildman–Crippen MR) is 32.3 cm³/mol. The summed E-state index contributed by atoms with van der Waals surface area (Å²) in [5.41, 5.74) is 0. The average Bonchev–Trinajstić information content (AvgIpc) is 1.82. The molecule has 9 heavy (non-hydrogen) atoms. The van der Waals surface area contributed by atoms with E-state index in [1.54, 1.807) is 0 Å². The highest BCUT2D eigenvalue weighted by Crippen LogP contribution is 1.97. The molecule has 0 aliphatic carbocycles. The number of rotatable bonds is 3. The summed E-state index contributed by atoms with van der Waals surface area (Å²) in [4.78, 5) is 0. The first kappa shape index (κ1) is 8.38. The highest BCUT2D eigenvalue weighted by atomic mass is 19.3. The van der Waals surface area contributed by atoms with Gasteiger partial charge in [0.1, 0.15) is 0 Å². The molecule has 1 atom stereocenters. The van der Waals surface area contributed by atoms with E-state index in [2.05, 4.69) is 11.2 Å². The van der Waals surface area contributed by atoms with Crippen LogP contribution in [0.25, 0.3) is 0 Å². The van der Waals surface area contributed by atoms with Gasteiger partial charge in [-0.2, -0.15) is 0 Å². The number of hydrogen-bond acceptors (Lipinski definition) is 1. The normalized spacial score (nSPS) is 13.2. The van der Waals surface area contributed by atoms with Gasteiger partial charge in [0.2, 0.25) is 0 Å². The van der Waals surface area contributed by atoms with Gasteiger partial charge in [0, 0.05) is 0 Å². The molecule has 0 spiro atoms. The van der Waals surface area contributed by atoms with Crippen LogP contribution in [0, 0.1) is 12.3 Å². The lowest BCUT2D eigenvalue weighted by Crippen LogP contribution is -2.32. The third kappa shape index (κ3) is 3.92. The molecule has 52 valence electrons. The Labute approximate surface area is 53.4 Å². The number of terminal acetylenes is 1. The molecule has 0 rings (SSSR count). The molecule has 0 aromatic carbocycles. The Balaban J connectivity index is 3.29. The van der Waals surface area contributed by atoms with Crippen molar-refractivity contribution in [1.82, 2.24) is 5.32 Å². The Hall–Kier alpha value is -0.620. The minimum atomic E-state index is -2.33. The Kier molecular flexibility index (Phi) is 3.98. The molecule has 0 amide bonds. The first-order valence-corrected chi connectivity index (χ1v) is 2.63. The summed E-state index contributed by atoms with van der Waals surface area (Å²) in [6.45, 7) is 1.59. The van der Waals surface area contributed by atoms with Crippen molar-refractivity contribution in [2.45, 2.75) is 19.4 Å². The lowest BCUT2D eigenvalue weighted by Gasteiger charge is -2.08. The monoisotopic (exact) mass is 133 g/mol. The minimum absolute atomic E-state index is 0.200. The van der Waals surface area contributed by atoms with Crippen molar-refractivity contribution in [2.75, 3.05) is 6.54 Å². The van der Waals surface area contributed by atoms with Gasteiger partial charge >= 0.3 is 0 Å². The van der Waals surface area contributed by atoms with Gasteiger partial charge in [-0.3, -0.25) is 5.32 Å². The highest BCUT2D eigenvalue weighted by Gasteiger charge is 2.11. The quantitative estimate of drug-likeness (QED) is 0.563. The van der Waals surface area contributed by atoms with Gasteiger partial charge in [-0.25, -0.2) is 8.78 Å². The fourth-order valence-electron chi connectivity index (χ4n) is 0.309. The zero-order valence-electron chi connectivity index (χ0n) is 5.20. The SMILES string of the molecule is C#CCNC(C)C(F)F. The lowest BCUT2D eigenvalue weighted by atomic mass is 10.3. The van der Waals surface area contributed by atoms with E-state index in [1.165, 1.54) is 6.92 Å². The minimum Gasteiger partial charge on any atom is -0.298 e. The summed E-state index contributed by atoms with van der Waals surface area (Å²) in [7, 11) is 0. The van der Waals surface area contributed by atoms with Crippen LogP contribution in [0.2, 0.25) is 0 Å². The molecule has 0 bridgehead atoms. The summed E-state index contributed by atoms with van der Waals surface area (Å²) in [6.07, 6.45) is 2.48. The Morgan fingerprint density at radius 3 is 2.56 bits per heavy atom. The van der Waals surface area contributed by atoms with Crippen molar-refractivity contribution in [3.63, 3.8) is 0 Å². The van der Waals surface area contributed by atoms with Crippen molar-refractivity contribution in [1.29, 1.82) is 0 Å².